The molecular weight excluding hydrogens is 204 g/mol. The Morgan fingerprint density at radius 2 is 1.00 bits per heavy atom. The van der Waals surface area contributed by atoms with Crippen LogP contribution < -0.4 is 0 Å². The van der Waals surface area contributed by atoms with Crippen molar-refractivity contribution in [2.45, 2.75) is 51.6 Å². The summed E-state index contributed by atoms with van der Waals surface area (Å²) in [7, 11) is 2.22. The van der Waals surface area contributed by atoms with Crippen LogP contribution in [0.25, 0.3) is 0 Å². The Hall–Kier alpha value is -0.583. The fourth-order valence-corrected chi connectivity index (χ4v) is 10.4. The van der Waals surface area contributed by atoms with Crippen LogP contribution in [0.15, 0.2) is 10.4 Å². The van der Waals surface area contributed by atoms with Crippen LogP contribution in [-0.2, 0) is 0 Å². The van der Waals surface area contributed by atoms with Gasteiger partial charge in [0.05, 0.1) is 0 Å². The van der Waals surface area contributed by atoms with E-state index in [0.29, 0.717) is 0 Å². The van der Waals surface area contributed by atoms with E-state index in [9.17, 15) is 0 Å². The highest BCUT2D eigenvalue weighted by atomic mass is 28.4. The molecule has 15 heavy (non-hydrogen) atoms. The standard InChI is InChI=1S/C10H24N4Si/c1-9(2,3)15(10(4,5)6)13(7)11-12-14(15)8/h1-8H3. The second-order valence-electron chi connectivity index (χ2n) is 6.40. The maximum absolute atomic E-state index is 4.25. The molecule has 0 aliphatic carbocycles. The topological polar surface area (TPSA) is 31.2 Å². The molecule has 5 heteroatoms. The second kappa shape index (κ2) is 3.20. The van der Waals surface area contributed by atoms with Gasteiger partial charge in [0, 0.05) is 14.1 Å². The van der Waals surface area contributed by atoms with Crippen LogP contribution in [0.5, 0.6) is 0 Å². The summed E-state index contributed by atoms with van der Waals surface area (Å²) in [5, 5.41) is 8.91. The highest BCUT2D eigenvalue weighted by Crippen LogP contribution is 2.55. The van der Waals surface area contributed by atoms with Gasteiger partial charge in [-0.1, -0.05) is 52.0 Å². The molecule has 4 nitrogen and oxygen atoms in total. The first-order valence-corrected chi connectivity index (χ1v) is 7.34. The van der Waals surface area contributed by atoms with Crippen LogP contribution >= 0.6 is 0 Å². The SMILES string of the molecule is CN1N=NN(C)[Si]1(C(C)(C)C)C(C)(C)C. The zero-order valence-electron chi connectivity index (χ0n) is 11.3. The van der Waals surface area contributed by atoms with Crippen molar-refractivity contribution >= 4 is 8.40 Å². The molecule has 1 aliphatic rings. The van der Waals surface area contributed by atoms with E-state index in [1.807, 2.05) is 0 Å². The third kappa shape index (κ3) is 1.48. The Morgan fingerprint density at radius 1 is 0.733 bits per heavy atom. The highest BCUT2D eigenvalue weighted by molar-refractivity contribution is 6.80. The summed E-state index contributed by atoms with van der Waals surface area (Å²) in [5.41, 5.74) is 0. The Kier molecular flexibility index (Phi) is 2.67. The lowest BCUT2D eigenvalue weighted by atomic mass is 10.2. The van der Waals surface area contributed by atoms with Crippen LogP contribution in [-0.4, -0.2) is 31.8 Å². The van der Waals surface area contributed by atoms with Gasteiger partial charge in [-0.15, -0.1) is 0 Å². The van der Waals surface area contributed by atoms with E-state index in [1.54, 1.807) is 0 Å². The molecule has 0 aromatic rings. The third-order valence-corrected chi connectivity index (χ3v) is 9.57. The zero-order chi connectivity index (χ0) is 12.1. The molecule has 88 valence electrons. The first-order chi connectivity index (χ1) is 6.55. The summed E-state index contributed by atoms with van der Waals surface area (Å²) in [6.07, 6.45) is 0. The molecule has 0 unspecified atom stereocenters. The fourth-order valence-electron chi connectivity index (χ4n) is 3.53. The number of nitrogens with zero attached hydrogens (tertiary/aromatic N) is 4. The monoisotopic (exact) mass is 228 g/mol. The van der Waals surface area contributed by atoms with Gasteiger partial charge in [0.2, 0.25) is 0 Å². The number of hydrogen-bond acceptors (Lipinski definition) is 4. The van der Waals surface area contributed by atoms with E-state index in [2.05, 4.69) is 75.4 Å². The van der Waals surface area contributed by atoms with Crippen molar-refractivity contribution in [1.82, 2.24) is 9.35 Å². The van der Waals surface area contributed by atoms with Gasteiger partial charge >= 0.3 is 8.40 Å². The smallest absolute Gasteiger partial charge is 0.284 e. The normalized spacial score (nSPS) is 21.3. The molecule has 0 bridgehead atoms. The molecule has 0 aromatic carbocycles. The van der Waals surface area contributed by atoms with Crippen molar-refractivity contribution in [3.63, 3.8) is 0 Å². The van der Waals surface area contributed by atoms with Gasteiger partial charge in [-0.05, 0) is 10.1 Å². The largest absolute Gasteiger partial charge is 0.312 e. The van der Waals surface area contributed by atoms with Crippen LogP contribution in [0.1, 0.15) is 41.5 Å². The summed E-state index contributed by atoms with van der Waals surface area (Å²) in [5.74, 6) is 0. The van der Waals surface area contributed by atoms with Gasteiger partial charge in [-0.25, -0.2) is 0 Å². The lowest BCUT2D eigenvalue weighted by Gasteiger charge is -2.52. The van der Waals surface area contributed by atoms with Gasteiger partial charge in [0.15, 0.2) is 0 Å². The molecule has 1 aliphatic heterocycles. The van der Waals surface area contributed by atoms with E-state index >= 15 is 0 Å². The highest BCUT2D eigenvalue weighted by Gasteiger charge is 2.63. The first-order valence-electron chi connectivity index (χ1n) is 5.44. The fraction of sp³-hybridized carbons (Fsp3) is 1.00. The summed E-state index contributed by atoms with van der Waals surface area (Å²) < 4.78 is 4.26. The van der Waals surface area contributed by atoms with Crippen molar-refractivity contribution in [1.29, 1.82) is 0 Å². The molecule has 0 spiro atoms. The maximum atomic E-state index is 4.25. The van der Waals surface area contributed by atoms with Gasteiger partial charge in [-0.2, -0.15) is 0 Å². The minimum absolute atomic E-state index is 0.207. The Balaban J connectivity index is 3.33. The summed E-state index contributed by atoms with van der Waals surface area (Å²) in [4.78, 5) is 0. The van der Waals surface area contributed by atoms with Gasteiger partial charge in [-0.3, -0.25) is 9.35 Å². The Labute approximate surface area is 94.5 Å². The Morgan fingerprint density at radius 3 is 1.13 bits per heavy atom. The summed E-state index contributed by atoms with van der Waals surface area (Å²) in [6.45, 7) is 13.8. The zero-order valence-corrected chi connectivity index (χ0v) is 12.3. The molecule has 0 aromatic heterocycles. The van der Waals surface area contributed by atoms with E-state index < -0.39 is 8.40 Å². The molecule has 0 radical (unpaired) electrons. The van der Waals surface area contributed by atoms with Crippen molar-refractivity contribution in [2.75, 3.05) is 14.1 Å². The molecular formula is C10H24N4Si. The third-order valence-electron chi connectivity index (χ3n) is 3.34. The quantitative estimate of drug-likeness (QED) is 0.596. The van der Waals surface area contributed by atoms with Crippen LogP contribution in [0.3, 0.4) is 0 Å². The predicted molar refractivity (Wildman–Crippen MR) is 65.6 cm³/mol. The molecule has 1 heterocycles. The van der Waals surface area contributed by atoms with Crippen LogP contribution in [0, 0.1) is 0 Å². The first kappa shape index (κ1) is 12.5. The molecule has 0 atom stereocenters. The number of hydrogen-bond donors (Lipinski definition) is 0. The van der Waals surface area contributed by atoms with Crippen LogP contribution in [0.2, 0.25) is 10.1 Å². The molecule has 0 saturated carbocycles. The summed E-state index contributed by atoms with van der Waals surface area (Å²) in [6, 6.07) is 0. The van der Waals surface area contributed by atoms with E-state index in [4.69, 9.17) is 0 Å². The van der Waals surface area contributed by atoms with Crippen molar-refractivity contribution in [3.8, 4) is 0 Å². The minimum atomic E-state index is -1.91. The molecule has 0 amide bonds. The van der Waals surface area contributed by atoms with E-state index in [1.165, 1.54) is 0 Å². The molecule has 0 saturated heterocycles. The molecule has 1 rings (SSSR count). The summed E-state index contributed by atoms with van der Waals surface area (Å²) >= 11 is 0. The molecule has 0 fully saturated rings. The van der Waals surface area contributed by atoms with E-state index in [0.717, 1.165) is 0 Å². The van der Waals surface area contributed by atoms with Gasteiger partial charge < -0.3 is 0 Å². The van der Waals surface area contributed by atoms with E-state index in [-0.39, 0.29) is 10.1 Å². The maximum Gasteiger partial charge on any atom is 0.312 e. The number of rotatable bonds is 0. The average molecular weight is 228 g/mol. The van der Waals surface area contributed by atoms with Crippen molar-refractivity contribution in [2.24, 2.45) is 10.4 Å². The molecule has 0 N–H and O–H groups in total. The van der Waals surface area contributed by atoms with Gasteiger partial charge in [0.1, 0.15) is 0 Å². The van der Waals surface area contributed by atoms with Crippen LogP contribution in [0.4, 0.5) is 0 Å². The van der Waals surface area contributed by atoms with Crippen molar-refractivity contribution in [3.05, 3.63) is 0 Å². The lowest BCUT2D eigenvalue weighted by Crippen LogP contribution is -2.67. The lowest BCUT2D eigenvalue weighted by molar-refractivity contribution is 0.398. The minimum Gasteiger partial charge on any atom is -0.284 e. The van der Waals surface area contributed by atoms with Gasteiger partial charge in [0.25, 0.3) is 0 Å². The van der Waals surface area contributed by atoms with Crippen molar-refractivity contribution < 1.29 is 0 Å². The predicted octanol–water partition coefficient (Wildman–Crippen LogP) is 3.19. The Bertz CT molecular complexity index is 246. The average Bonchev–Trinajstić information content (AvgIpc) is 2.23. The second-order valence-corrected chi connectivity index (χ2v) is 12.0.